The highest BCUT2D eigenvalue weighted by molar-refractivity contribution is 14.0. The Morgan fingerprint density at radius 1 is 1.20 bits per heavy atom. The minimum absolute atomic E-state index is 0. The maximum Gasteiger partial charge on any atom is 0.191 e. The number of thiophene rings is 1. The lowest BCUT2D eigenvalue weighted by Gasteiger charge is -2.11. The van der Waals surface area contributed by atoms with Crippen LogP contribution in [0.4, 0.5) is 0 Å². The molecule has 2 aromatic rings. The van der Waals surface area contributed by atoms with Crippen molar-refractivity contribution in [1.82, 2.24) is 10.6 Å². The summed E-state index contributed by atoms with van der Waals surface area (Å²) in [6.07, 6.45) is 0. The number of aliphatic imine (C=N–C) groups is 1. The van der Waals surface area contributed by atoms with E-state index in [1.54, 1.807) is 35.6 Å². The summed E-state index contributed by atoms with van der Waals surface area (Å²) in [6.45, 7) is 3.57. The number of guanidine groups is 1. The minimum atomic E-state index is -3.31. The number of hydrogen-bond acceptors (Lipinski definition) is 4. The quantitative estimate of drug-likeness (QED) is 0.310. The molecule has 0 unspecified atom stereocenters. The van der Waals surface area contributed by atoms with Gasteiger partial charge in [-0.3, -0.25) is 0 Å². The SMILES string of the molecule is CCNC(=NCc1cccs1)NCCS(=O)(=O)c1ccc(Br)cc1.I. The first-order valence-electron chi connectivity index (χ1n) is 7.54. The zero-order chi connectivity index (χ0) is 17.4. The van der Waals surface area contributed by atoms with Gasteiger partial charge in [-0.15, -0.1) is 35.3 Å². The predicted octanol–water partition coefficient (Wildman–Crippen LogP) is 3.66. The van der Waals surface area contributed by atoms with Crippen molar-refractivity contribution < 1.29 is 8.42 Å². The third-order valence-electron chi connectivity index (χ3n) is 3.15. The van der Waals surface area contributed by atoms with Gasteiger partial charge in [0.05, 0.1) is 17.2 Å². The molecule has 0 aliphatic rings. The van der Waals surface area contributed by atoms with Crippen molar-refractivity contribution in [2.75, 3.05) is 18.8 Å². The van der Waals surface area contributed by atoms with Crippen molar-refractivity contribution in [2.45, 2.75) is 18.4 Å². The fourth-order valence-corrected chi connectivity index (χ4v) is 4.01. The van der Waals surface area contributed by atoms with Gasteiger partial charge in [0.2, 0.25) is 0 Å². The summed E-state index contributed by atoms with van der Waals surface area (Å²) in [5.41, 5.74) is 0. The number of sulfone groups is 1. The molecule has 0 saturated heterocycles. The van der Waals surface area contributed by atoms with Gasteiger partial charge in [0.15, 0.2) is 15.8 Å². The third kappa shape index (κ3) is 7.63. The van der Waals surface area contributed by atoms with E-state index in [2.05, 4.69) is 31.6 Å². The van der Waals surface area contributed by atoms with Gasteiger partial charge in [0.25, 0.3) is 0 Å². The van der Waals surface area contributed by atoms with Crippen LogP contribution in [0.15, 0.2) is 56.1 Å². The van der Waals surface area contributed by atoms with Crippen LogP contribution in [0.1, 0.15) is 11.8 Å². The Hall–Kier alpha value is -0.650. The molecule has 138 valence electrons. The number of benzene rings is 1. The van der Waals surface area contributed by atoms with Crippen molar-refractivity contribution in [3.63, 3.8) is 0 Å². The molecule has 1 aromatic carbocycles. The first-order chi connectivity index (χ1) is 11.5. The maximum atomic E-state index is 12.3. The van der Waals surface area contributed by atoms with Crippen molar-refractivity contribution in [3.05, 3.63) is 51.1 Å². The van der Waals surface area contributed by atoms with E-state index >= 15 is 0 Å². The molecular weight excluding hydrogens is 537 g/mol. The Kier molecular flexibility index (Phi) is 9.98. The van der Waals surface area contributed by atoms with E-state index < -0.39 is 9.84 Å². The molecule has 25 heavy (non-hydrogen) atoms. The van der Waals surface area contributed by atoms with Crippen molar-refractivity contribution in [1.29, 1.82) is 0 Å². The first kappa shape index (κ1) is 22.4. The molecule has 5 nitrogen and oxygen atoms in total. The normalized spacial score (nSPS) is 11.7. The van der Waals surface area contributed by atoms with Crippen LogP contribution in [0.2, 0.25) is 0 Å². The average molecular weight is 558 g/mol. The van der Waals surface area contributed by atoms with Gasteiger partial charge in [-0.2, -0.15) is 0 Å². The Labute approximate surface area is 178 Å². The van der Waals surface area contributed by atoms with Crippen LogP contribution in [-0.4, -0.2) is 33.2 Å². The lowest BCUT2D eigenvalue weighted by Crippen LogP contribution is -2.39. The van der Waals surface area contributed by atoms with Crippen LogP contribution in [0.5, 0.6) is 0 Å². The monoisotopic (exact) mass is 557 g/mol. The van der Waals surface area contributed by atoms with Gasteiger partial charge in [0, 0.05) is 22.4 Å². The lowest BCUT2D eigenvalue weighted by atomic mass is 10.4. The topological polar surface area (TPSA) is 70.6 Å². The first-order valence-corrected chi connectivity index (χ1v) is 10.9. The van der Waals surface area contributed by atoms with Gasteiger partial charge in [0.1, 0.15) is 0 Å². The molecule has 0 fully saturated rings. The number of nitrogens with one attached hydrogen (secondary N) is 2. The van der Waals surface area contributed by atoms with E-state index in [0.717, 1.165) is 15.9 Å². The van der Waals surface area contributed by atoms with Crippen LogP contribution >= 0.6 is 51.2 Å². The summed E-state index contributed by atoms with van der Waals surface area (Å²) in [5, 5.41) is 8.21. The highest BCUT2D eigenvalue weighted by Gasteiger charge is 2.14. The lowest BCUT2D eigenvalue weighted by molar-refractivity contribution is 0.594. The van der Waals surface area contributed by atoms with Crippen LogP contribution in [-0.2, 0) is 16.4 Å². The van der Waals surface area contributed by atoms with Gasteiger partial charge in [-0.1, -0.05) is 22.0 Å². The Balaban J connectivity index is 0.00000312. The van der Waals surface area contributed by atoms with Gasteiger partial charge in [-0.05, 0) is 42.6 Å². The zero-order valence-corrected chi connectivity index (χ0v) is 19.3. The summed E-state index contributed by atoms with van der Waals surface area (Å²) in [6, 6.07) is 10.7. The molecule has 1 aromatic heterocycles. The number of nitrogens with zero attached hydrogens (tertiary/aromatic N) is 1. The molecule has 1 heterocycles. The fraction of sp³-hybridized carbons (Fsp3) is 0.312. The maximum absolute atomic E-state index is 12.3. The molecular formula is C16H21BrIN3O2S2. The Bertz CT molecular complexity index is 763. The van der Waals surface area contributed by atoms with E-state index in [9.17, 15) is 8.42 Å². The molecule has 0 spiro atoms. The van der Waals surface area contributed by atoms with E-state index in [4.69, 9.17) is 0 Å². The predicted molar refractivity (Wildman–Crippen MR) is 119 cm³/mol. The zero-order valence-electron chi connectivity index (χ0n) is 13.7. The van der Waals surface area contributed by atoms with Gasteiger partial charge >= 0.3 is 0 Å². The fourth-order valence-electron chi connectivity index (χ4n) is 1.96. The number of halogens is 2. The van der Waals surface area contributed by atoms with E-state index in [-0.39, 0.29) is 29.7 Å². The molecule has 0 bridgehead atoms. The molecule has 2 N–H and O–H groups in total. The van der Waals surface area contributed by atoms with E-state index in [1.807, 2.05) is 24.4 Å². The van der Waals surface area contributed by atoms with Crippen LogP contribution in [0.25, 0.3) is 0 Å². The minimum Gasteiger partial charge on any atom is -0.357 e. The second-order valence-electron chi connectivity index (χ2n) is 4.97. The summed E-state index contributed by atoms with van der Waals surface area (Å²) < 4.78 is 25.5. The second-order valence-corrected chi connectivity index (χ2v) is 9.03. The second kappa shape index (κ2) is 11.1. The highest BCUT2D eigenvalue weighted by atomic mass is 127. The Morgan fingerprint density at radius 2 is 1.92 bits per heavy atom. The number of hydrogen-bond donors (Lipinski definition) is 2. The molecule has 0 aliphatic heterocycles. The van der Waals surface area contributed by atoms with Crippen molar-refractivity contribution in [3.8, 4) is 0 Å². The van der Waals surface area contributed by atoms with Crippen molar-refractivity contribution >= 4 is 67.0 Å². The highest BCUT2D eigenvalue weighted by Crippen LogP contribution is 2.15. The molecule has 0 amide bonds. The average Bonchev–Trinajstić information content (AvgIpc) is 3.06. The van der Waals surface area contributed by atoms with Gasteiger partial charge in [-0.25, -0.2) is 13.4 Å². The Morgan fingerprint density at radius 3 is 2.52 bits per heavy atom. The van der Waals surface area contributed by atoms with Crippen LogP contribution in [0.3, 0.4) is 0 Å². The van der Waals surface area contributed by atoms with Crippen LogP contribution < -0.4 is 10.6 Å². The third-order valence-corrected chi connectivity index (χ3v) is 6.28. The molecule has 9 heteroatoms. The largest absolute Gasteiger partial charge is 0.357 e. The molecule has 0 aliphatic carbocycles. The summed E-state index contributed by atoms with van der Waals surface area (Å²) in [5.74, 6) is 0.634. The number of rotatable bonds is 7. The molecule has 0 saturated carbocycles. The van der Waals surface area contributed by atoms with E-state index in [0.29, 0.717) is 23.9 Å². The summed E-state index contributed by atoms with van der Waals surface area (Å²) >= 11 is 4.95. The molecule has 0 radical (unpaired) electrons. The summed E-state index contributed by atoms with van der Waals surface area (Å²) in [7, 11) is -3.31. The summed E-state index contributed by atoms with van der Waals surface area (Å²) in [4.78, 5) is 5.95. The molecule has 0 atom stereocenters. The van der Waals surface area contributed by atoms with E-state index in [1.165, 1.54) is 0 Å². The smallest absolute Gasteiger partial charge is 0.191 e. The van der Waals surface area contributed by atoms with Gasteiger partial charge < -0.3 is 10.6 Å². The van der Waals surface area contributed by atoms with Crippen molar-refractivity contribution in [2.24, 2.45) is 4.99 Å². The standard InChI is InChI=1S/C16H20BrN3O2S2.HI/c1-2-18-16(20-12-14-4-3-10-23-14)19-9-11-24(21,22)15-7-5-13(17)6-8-15;/h3-8,10H,2,9,11-12H2,1H3,(H2,18,19,20);1H. The molecule has 2 rings (SSSR count). The van der Waals surface area contributed by atoms with Crippen LogP contribution in [0, 0.1) is 0 Å².